The summed E-state index contributed by atoms with van der Waals surface area (Å²) in [6.45, 7) is 65.7. The lowest BCUT2D eigenvalue weighted by Crippen LogP contribution is -2.39. The van der Waals surface area contributed by atoms with E-state index in [-0.39, 0.29) is 11.1 Å². The highest BCUT2D eigenvalue weighted by molar-refractivity contribution is 6.90. The largest absolute Gasteiger partial charge is 0.212 e. The Labute approximate surface area is 768 Å². The molecule has 0 atom stereocenters. The van der Waals surface area contributed by atoms with Gasteiger partial charge in [-0.15, -0.1) is 0 Å². The second-order valence-electron chi connectivity index (χ2n) is 43.3. The van der Waals surface area contributed by atoms with Gasteiger partial charge >= 0.3 is 0 Å². The van der Waals surface area contributed by atoms with Crippen LogP contribution in [-0.2, 0) is 60.7 Å². The highest BCUT2D eigenvalue weighted by Crippen LogP contribution is 2.35. The lowest BCUT2D eigenvalue weighted by Gasteiger charge is -2.24. The van der Waals surface area contributed by atoms with Gasteiger partial charge < -0.3 is 0 Å². The highest BCUT2D eigenvalue weighted by atomic mass is 28.3. The maximum atomic E-state index is 9.04. The van der Waals surface area contributed by atoms with Crippen LogP contribution in [0.4, 0.5) is 0 Å². The minimum atomic E-state index is -2.39. The zero-order valence-electron chi connectivity index (χ0n) is 99.1. The molecule has 0 aliphatic carbocycles. The molecule has 5 heterocycles. The molecule has 6 aromatic carbocycles. The molecule has 0 radical (unpaired) electrons. The van der Waals surface area contributed by atoms with Gasteiger partial charge in [-0.05, 0) is 214 Å². The first kappa shape index (κ1) is 76.8. The van der Waals surface area contributed by atoms with Gasteiger partial charge in [0.2, 0.25) is 28.5 Å². The topological polar surface area (TPSA) is 19.4 Å². The Kier molecular flexibility index (Phi) is 24.8. The normalized spacial score (nSPS) is 15.2. The van der Waals surface area contributed by atoms with Crippen LogP contribution in [0.5, 0.6) is 0 Å². The van der Waals surface area contributed by atoms with Crippen molar-refractivity contribution in [1.82, 2.24) is 0 Å². The van der Waals surface area contributed by atoms with Crippen LogP contribution < -0.4 is 48.8 Å². The molecule has 0 bridgehead atoms. The quantitative estimate of drug-likeness (QED) is 0.0720. The summed E-state index contributed by atoms with van der Waals surface area (Å²) < 4.78 is 150. The van der Waals surface area contributed by atoms with E-state index >= 15 is 0 Å². The van der Waals surface area contributed by atoms with Crippen molar-refractivity contribution in [3.05, 3.63) is 261 Å². The summed E-state index contributed by atoms with van der Waals surface area (Å²) in [5.41, 5.74) is 21.0. The molecule has 0 fully saturated rings. The molecule has 5 nitrogen and oxygen atoms in total. The minimum absolute atomic E-state index is 0.0695. The average molecular weight is 1730 g/mol. The van der Waals surface area contributed by atoms with E-state index in [4.69, 9.17) is 23.3 Å². The van der Waals surface area contributed by atoms with Gasteiger partial charge in [-0.25, -0.2) is 22.8 Å². The first-order chi connectivity index (χ1) is 62.0. The summed E-state index contributed by atoms with van der Waals surface area (Å²) in [6, 6.07) is 53.1. The van der Waals surface area contributed by atoms with Crippen LogP contribution in [0.3, 0.4) is 0 Å². The first-order valence-electron chi connectivity index (χ1n) is 51.8. The Bertz CT molecular complexity index is 6250. The third-order valence-electron chi connectivity index (χ3n) is 21.7. The first-order valence-corrected chi connectivity index (χ1v) is 60.8. The van der Waals surface area contributed by atoms with Gasteiger partial charge in [0.25, 0.3) is 0 Å². The van der Waals surface area contributed by atoms with Crippen LogP contribution in [0.25, 0.3) is 67.4 Å². The van der Waals surface area contributed by atoms with Crippen molar-refractivity contribution in [2.75, 3.05) is 0 Å². The Morgan fingerprint density at radius 1 is 0.256 bits per heavy atom. The summed E-state index contributed by atoms with van der Waals surface area (Å²) in [5, 5.41) is 7.12. The number of hydrogen-bond donors (Lipinski definition) is 0. The molecule has 648 valence electrons. The van der Waals surface area contributed by atoms with Crippen LogP contribution in [0.2, 0.25) is 98.2 Å². The van der Waals surface area contributed by atoms with Crippen LogP contribution in [0.15, 0.2) is 183 Å². The van der Waals surface area contributed by atoms with Crippen LogP contribution in [0.1, 0.15) is 184 Å². The Morgan fingerprint density at radius 3 is 0.950 bits per heavy atom. The Morgan fingerprint density at radius 2 is 0.587 bits per heavy atom. The van der Waals surface area contributed by atoms with E-state index in [9.17, 15) is 0 Å². The fourth-order valence-electron chi connectivity index (χ4n) is 14.9. The van der Waals surface area contributed by atoms with E-state index in [1.807, 2.05) is 162 Å². The lowest BCUT2D eigenvalue weighted by atomic mass is 9.81. The fourth-order valence-corrected chi connectivity index (χ4v) is 21.5. The molecule has 0 spiro atoms. The second kappa shape index (κ2) is 39.1. The van der Waals surface area contributed by atoms with Gasteiger partial charge in [-0.3, -0.25) is 0 Å². The number of pyridine rings is 5. The molecule has 11 rings (SSSR count). The van der Waals surface area contributed by atoms with Gasteiger partial charge in [0, 0.05) is 109 Å². The molecule has 0 N–H and O–H groups in total. The van der Waals surface area contributed by atoms with Crippen molar-refractivity contribution in [1.29, 1.82) is 0 Å². The van der Waals surface area contributed by atoms with Crippen LogP contribution in [0, 0.1) is 90.7 Å². The van der Waals surface area contributed by atoms with Gasteiger partial charge in [0.1, 0.15) is 35.2 Å². The lowest BCUT2D eigenvalue weighted by molar-refractivity contribution is -0.661. The molecule has 0 amide bonds. The predicted octanol–water partition coefficient (Wildman–Crippen LogP) is 24.7. The highest BCUT2D eigenvalue weighted by Gasteiger charge is 2.31. The number of rotatable bonds is 15. The van der Waals surface area contributed by atoms with E-state index in [0.29, 0.717) is 22.3 Å². The average Bonchev–Trinajstić information content (AvgIpc) is 0.735. The summed E-state index contributed by atoms with van der Waals surface area (Å²) in [6.07, 6.45) is 2.22. The Hall–Kier alpha value is -7.85. The van der Waals surface area contributed by atoms with Crippen molar-refractivity contribution in [3.63, 3.8) is 0 Å². The summed E-state index contributed by atoms with van der Waals surface area (Å²) >= 11 is 0. The molecule has 0 aliphatic heterocycles. The van der Waals surface area contributed by atoms with Gasteiger partial charge in [0.05, 0.1) is 40.4 Å². The monoisotopic (exact) mass is 1720 g/mol. The molecule has 0 saturated heterocycles. The standard InChI is InChI=1S/C26H42NSi.C23H28NSi.2C22H34NSi.C18H26NSi/c1-19-14-22(28(9,10)11)12-13-23(19)24-15-20(16-25(2,3)4)21(18-27(24)8)17-26(5,6)7;1-17-12-13-22(24(3)16-17)20-15-21(19-10-8-7-9-11-19)23(14-18(20)2)25(4,5)6;1-16-13-21(23(6)15-18(16)14-22(3,4)5)20-11-10-19(12-17(20)2)24(7,8)9;1-16-12-19(24(7,8)9)10-11-20(16)21-13-18(14-22(3,4)5)17(2)15-23(21)6;1-13-11-18(19(4)12-15(13)3)17-9-8-16(10-14(17)2)20(5,6)7/h12-15,18H,16-17H2,1-11H3;7-16H,1-6H3;2*10-13,15H,14H2,1-9H3;8-12H,1-7H3/q5*+1/i16D2,17D2;1D3;14D2;2D3,14D2;3D3. The van der Waals surface area contributed by atoms with Crippen LogP contribution in [-0.4, -0.2) is 40.4 Å². The molecule has 0 aliphatic rings. The molecule has 11 aromatic rings. The molecule has 5 aromatic heterocycles. The smallest absolute Gasteiger partial charge is 0.201 e. The molecular weight excluding hydrogens is 1540 g/mol. The van der Waals surface area contributed by atoms with E-state index in [1.54, 1.807) is 56.1 Å². The number of benzene rings is 6. The van der Waals surface area contributed by atoms with E-state index < -0.39 is 108 Å². The number of nitrogens with zero attached hydrogens (tertiary/aromatic N) is 5. The molecule has 0 saturated carbocycles. The third-order valence-corrected chi connectivity index (χ3v) is 31.9. The zero-order chi connectivity index (χ0) is 106. The molecule has 10 heteroatoms. The van der Waals surface area contributed by atoms with Gasteiger partial charge in [-0.2, -0.15) is 0 Å². The minimum Gasteiger partial charge on any atom is -0.201 e. The summed E-state index contributed by atoms with van der Waals surface area (Å²) in [5.74, 6) is 0. The molecule has 121 heavy (non-hydrogen) atoms. The van der Waals surface area contributed by atoms with Crippen molar-refractivity contribution in [3.8, 4) is 67.4 Å². The van der Waals surface area contributed by atoms with E-state index in [2.05, 4.69) is 253 Å². The third kappa shape index (κ3) is 28.3. The predicted molar refractivity (Wildman–Crippen MR) is 546 cm³/mol. The van der Waals surface area contributed by atoms with Crippen molar-refractivity contribution in [2.24, 2.45) is 56.9 Å². The number of hydrogen-bond acceptors (Lipinski definition) is 0. The molecular formula is C111H164N5Si5+5. The fraction of sp³-hybridized carbons (Fsp3) is 0.450. The SMILES string of the molecule is [2H]C([2H])([2H])c1c[n+](C)c(-c2ccc([Si](C)(C)C)cc2C)cc1C.[2H]C([2H])([2H])c1c[n+](C)c(-c2ccc([Si](C)(C)C)cc2C)cc1C([2H])([2H])C(C)(C)C.[2H]C([2H])([2H])c1ccc(-c2cc(-c3ccccc3)c([Si](C)(C)C)cc2C)[n+](C)c1.[2H]C([2H])(c1c[n+](C)c(-c2ccc([Si](C)(C)C)cc2C)cc1C)C(C)(C)C.[2H]C([2H])(c1cc(-c2ccc([Si](C)(C)C)cc2C)[n+](C)cc1C([2H])([2H])C(C)(C)C)C(C)(C)C. The summed E-state index contributed by atoms with van der Waals surface area (Å²) in [7, 11) is 2.52. The van der Waals surface area contributed by atoms with Crippen LogP contribution >= 0.6 is 0 Å². The van der Waals surface area contributed by atoms with Gasteiger partial charge in [0.15, 0.2) is 31.0 Å². The van der Waals surface area contributed by atoms with Crippen molar-refractivity contribution < 1.29 is 46.1 Å². The maximum Gasteiger partial charge on any atom is 0.212 e. The Balaban J connectivity index is 0.000000236. The zero-order valence-corrected chi connectivity index (χ0v) is 87.1. The molecule has 0 unspecified atom stereocenters. The van der Waals surface area contributed by atoms with Crippen molar-refractivity contribution >= 4 is 66.3 Å². The summed E-state index contributed by atoms with van der Waals surface area (Å²) in [4.78, 5) is 0. The van der Waals surface area contributed by atoms with E-state index in [1.165, 1.54) is 59.3 Å². The maximum absolute atomic E-state index is 9.04. The second-order valence-corrected chi connectivity index (χ2v) is 68.6. The van der Waals surface area contributed by atoms with Crippen molar-refractivity contribution in [2.45, 2.75) is 276 Å². The number of aromatic nitrogens is 5. The van der Waals surface area contributed by atoms with Gasteiger partial charge in [-0.1, -0.05) is 292 Å². The van der Waals surface area contributed by atoms with E-state index in [0.717, 1.165) is 78.5 Å². The number of aryl methyl sites for hydroxylation is 15.